The Kier molecular flexibility index (Phi) is 4.08. The van der Waals surface area contributed by atoms with Gasteiger partial charge < -0.3 is 9.80 Å². The molecule has 2 aromatic carbocycles. The lowest BCUT2D eigenvalue weighted by atomic mass is 10.1. The van der Waals surface area contributed by atoms with Crippen molar-refractivity contribution in [2.75, 3.05) is 29.9 Å². The van der Waals surface area contributed by atoms with E-state index in [1.165, 1.54) is 39.4 Å². The van der Waals surface area contributed by atoms with Gasteiger partial charge in [0.15, 0.2) is 0 Å². The maximum Gasteiger partial charge on any atom is 0.0664 e. The van der Waals surface area contributed by atoms with Crippen molar-refractivity contribution in [2.45, 2.75) is 25.7 Å². The highest BCUT2D eigenvalue weighted by molar-refractivity contribution is 6.15. The van der Waals surface area contributed by atoms with Crippen molar-refractivity contribution in [3.05, 3.63) is 83.2 Å². The summed E-state index contributed by atoms with van der Waals surface area (Å²) in [6.45, 7) is 2.14. The lowest BCUT2D eigenvalue weighted by Gasteiger charge is -2.17. The summed E-state index contributed by atoms with van der Waals surface area (Å²) in [4.78, 5) is 9.49. The largest absolute Gasteiger partial charge is 0.347 e. The first-order valence-corrected chi connectivity index (χ1v) is 9.91. The van der Waals surface area contributed by atoms with Crippen LogP contribution in [0.25, 0.3) is 0 Å². The summed E-state index contributed by atoms with van der Waals surface area (Å²) in [5, 5.41) is 0. The quantitative estimate of drug-likeness (QED) is 0.774. The molecule has 136 valence electrons. The third-order valence-electron chi connectivity index (χ3n) is 5.97. The molecule has 1 fully saturated rings. The van der Waals surface area contributed by atoms with E-state index in [2.05, 4.69) is 75.7 Å². The van der Waals surface area contributed by atoms with Crippen LogP contribution in [0, 0.1) is 0 Å². The number of rotatable bonds is 2. The van der Waals surface area contributed by atoms with Gasteiger partial charge in [-0.15, -0.1) is 0 Å². The molecule has 0 N–H and O–H groups in total. The molecule has 2 aromatic rings. The molecule has 3 nitrogen and oxygen atoms in total. The topological polar surface area (TPSA) is 18.8 Å². The van der Waals surface area contributed by atoms with Gasteiger partial charge in [0.05, 0.1) is 5.71 Å². The van der Waals surface area contributed by atoms with Crippen LogP contribution in [0.3, 0.4) is 0 Å². The second-order valence-corrected chi connectivity index (χ2v) is 7.53. The molecular weight excluding hydrogens is 330 g/mol. The Labute approximate surface area is 161 Å². The van der Waals surface area contributed by atoms with Crippen LogP contribution in [0.1, 0.15) is 24.0 Å². The molecule has 0 aromatic heterocycles. The molecule has 0 bridgehead atoms. The van der Waals surface area contributed by atoms with Gasteiger partial charge in [0.25, 0.3) is 0 Å². The fourth-order valence-corrected chi connectivity index (χ4v) is 4.62. The number of hydrogen-bond donors (Lipinski definition) is 0. The van der Waals surface area contributed by atoms with Crippen LogP contribution >= 0.6 is 0 Å². The summed E-state index contributed by atoms with van der Waals surface area (Å²) in [7, 11) is 1.93. The minimum Gasteiger partial charge on any atom is -0.347 e. The van der Waals surface area contributed by atoms with Crippen molar-refractivity contribution in [3.63, 3.8) is 0 Å². The Bertz CT molecular complexity index is 892. The van der Waals surface area contributed by atoms with Gasteiger partial charge in [-0.25, -0.2) is 0 Å². The van der Waals surface area contributed by atoms with Crippen molar-refractivity contribution >= 4 is 17.1 Å². The number of para-hydroxylation sites is 2. The van der Waals surface area contributed by atoms with E-state index in [1.807, 2.05) is 7.05 Å². The van der Waals surface area contributed by atoms with Crippen LogP contribution in [0.4, 0.5) is 11.4 Å². The zero-order chi connectivity index (χ0) is 18.2. The molecule has 0 amide bonds. The Morgan fingerprint density at radius 2 is 1.19 bits per heavy atom. The highest BCUT2D eigenvalue weighted by Gasteiger charge is 2.26. The third kappa shape index (κ3) is 2.87. The standard InChI is InChI=1S/C24H25N3/c1-25-24-20(16-26-14-12-18-6-2-4-8-22(18)26)10-11-21(24)17-27-15-13-19-7-3-5-9-23(19)27/h2-9,16-17H,10-15H2,1H3. The van der Waals surface area contributed by atoms with Crippen LogP contribution in [-0.2, 0) is 12.8 Å². The molecule has 3 aliphatic rings. The van der Waals surface area contributed by atoms with Crippen molar-refractivity contribution in [3.8, 4) is 0 Å². The Morgan fingerprint density at radius 3 is 1.67 bits per heavy atom. The first kappa shape index (κ1) is 16.4. The molecule has 1 saturated carbocycles. The zero-order valence-electron chi connectivity index (χ0n) is 15.9. The smallest absolute Gasteiger partial charge is 0.0664 e. The number of anilines is 2. The summed E-state index contributed by atoms with van der Waals surface area (Å²) in [6.07, 6.45) is 9.09. The number of nitrogens with zero attached hydrogens (tertiary/aromatic N) is 3. The Balaban J connectivity index is 1.42. The average molecular weight is 355 g/mol. The van der Waals surface area contributed by atoms with Gasteiger partial charge >= 0.3 is 0 Å². The summed E-state index contributed by atoms with van der Waals surface area (Å²) < 4.78 is 0. The average Bonchev–Trinajstić information content (AvgIpc) is 3.41. The van der Waals surface area contributed by atoms with Crippen LogP contribution in [0.2, 0.25) is 0 Å². The van der Waals surface area contributed by atoms with Gasteiger partial charge in [-0.05, 0) is 60.1 Å². The normalized spacial score (nSPS) is 21.3. The van der Waals surface area contributed by atoms with Crippen LogP contribution in [0.5, 0.6) is 0 Å². The Hall–Kier alpha value is -2.81. The number of aliphatic imine (C=N–C) groups is 1. The van der Waals surface area contributed by atoms with E-state index in [0.29, 0.717) is 0 Å². The van der Waals surface area contributed by atoms with Gasteiger partial charge in [0, 0.05) is 43.9 Å². The van der Waals surface area contributed by atoms with E-state index in [0.717, 1.165) is 38.8 Å². The fraction of sp³-hybridized carbons (Fsp3) is 0.292. The van der Waals surface area contributed by atoms with Crippen molar-refractivity contribution in [1.29, 1.82) is 0 Å². The van der Waals surface area contributed by atoms with Crippen LogP contribution in [0.15, 0.2) is 77.1 Å². The first-order chi connectivity index (χ1) is 13.3. The molecular formula is C24H25N3. The SMILES string of the molecule is CN=C1C(=CN2CCc3ccccc32)CCC1=CN1CCc2ccccc21. The summed E-state index contributed by atoms with van der Waals surface area (Å²) in [5.41, 5.74) is 9.53. The first-order valence-electron chi connectivity index (χ1n) is 9.91. The minimum absolute atomic E-state index is 1.07. The van der Waals surface area contributed by atoms with Gasteiger partial charge in [-0.1, -0.05) is 36.4 Å². The van der Waals surface area contributed by atoms with E-state index in [4.69, 9.17) is 0 Å². The molecule has 0 saturated heterocycles. The summed E-state index contributed by atoms with van der Waals surface area (Å²) in [6, 6.07) is 17.5. The molecule has 2 heterocycles. The van der Waals surface area contributed by atoms with Gasteiger partial charge in [-0.3, -0.25) is 4.99 Å². The third-order valence-corrected chi connectivity index (χ3v) is 5.97. The van der Waals surface area contributed by atoms with E-state index >= 15 is 0 Å². The predicted octanol–water partition coefficient (Wildman–Crippen LogP) is 4.74. The monoisotopic (exact) mass is 355 g/mol. The van der Waals surface area contributed by atoms with Crippen molar-refractivity contribution in [1.82, 2.24) is 0 Å². The molecule has 0 spiro atoms. The second-order valence-electron chi connectivity index (χ2n) is 7.53. The van der Waals surface area contributed by atoms with E-state index in [1.54, 1.807) is 0 Å². The maximum absolute atomic E-state index is 4.67. The highest BCUT2D eigenvalue weighted by Crippen LogP contribution is 2.34. The van der Waals surface area contributed by atoms with E-state index in [-0.39, 0.29) is 0 Å². The minimum atomic E-state index is 1.07. The Morgan fingerprint density at radius 1 is 0.704 bits per heavy atom. The fourth-order valence-electron chi connectivity index (χ4n) is 4.62. The van der Waals surface area contributed by atoms with E-state index in [9.17, 15) is 0 Å². The molecule has 0 unspecified atom stereocenters. The predicted molar refractivity (Wildman–Crippen MR) is 114 cm³/mol. The van der Waals surface area contributed by atoms with Gasteiger partial charge in [0.1, 0.15) is 0 Å². The number of fused-ring (bicyclic) bond motifs is 2. The zero-order valence-corrected chi connectivity index (χ0v) is 15.9. The number of allylic oxidation sites excluding steroid dienone is 2. The molecule has 1 aliphatic carbocycles. The van der Waals surface area contributed by atoms with Crippen LogP contribution in [-0.4, -0.2) is 25.8 Å². The number of benzene rings is 2. The lowest BCUT2D eigenvalue weighted by molar-refractivity contribution is 0.961. The van der Waals surface area contributed by atoms with E-state index < -0.39 is 0 Å². The maximum atomic E-state index is 4.67. The number of hydrogen-bond acceptors (Lipinski definition) is 3. The second kappa shape index (κ2) is 6.73. The molecule has 27 heavy (non-hydrogen) atoms. The molecule has 5 rings (SSSR count). The molecule has 0 atom stereocenters. The van der Waals surface area contributed by atoms with Crippen molar-refractivity contribution in [2.24, 2.45) is 4.99 Å². The summed E-state index contributed by atoms with van der Waals surface area (Å²) in [5.74, 6) is 0. The summed E-state index contributed by atoms with van der Waals surface area (Å²) >= 11 is 0. The molecule has 3 heteroatoms. The van der Waals surface area contributed by atoms with Gasteiger partial charge in [-0.2, -0.15) is 0 Å². The van der Waals surface area contributed by atoms with Crippen LogP contribution < -0.4 is 9.80 Å². The highest BCUT2D eigenvalue weighted by atomic mass is 15.1. The van der Waals surface area contributed by atoms with Crippen molar-refractivity contribution < 1.29 is 0 Å². The molecule has 0 radical (unpaired) electrons. The molecule has 2 aliphatic heterocycles. The lowest BCUT2D eigenvalue weighted by Crippen LogP contribution is -2.16. The van der Waals surface area contributed by atoms with Gasteiger partial charge in [0.2, 0.25) is 0 Å².